The van der Waals surface area contributed by atoms with E-state index < -0.39 is 12.0 Å². The number of carbonyl (C=O) groups is 1. The Balaban J connectivity index is 2.16. The minimum absolute atomic E-state index is 0.421. The van der Waals surface area contributed by atoms with Gasteiger partial charge in [-0.2, -0.15) is 11.8 Å². The van der Waals surface area contributed by atoms with E-state index in [1.54, 1.807) is 11.8 Å². The first-order chi connectivity index (χ1) is 6.24. The molecule has 1 rings (SSSR count). The maximum absolute atomic E-state index is 10.7. The maximum atomic E-state index is 10.7. The Morgan fingerprint density at radius 3 is 2.85 bits per heavy atom. The van der Waals surface area contributed by atoms with Crippen LogP contribution in [0.3, 0.4) is 0 Å². The quantitative estimate of drug-likeness (QED) is 0.648. The fourth-order valence-electron chi connectivity index (χ4n) is 1.01. The summed E-state index contributed by atoms with van der Waals surface area (Å²) in [6.45, 7) is 4.14. The average Bonchev–Trinajstić information content (AvgIpc) is 1.99. The van der Waals surface area contributed by atoms with Crippen molar-refractivity contribution < 1.29 is 14.6 Å². The largest absolute Gasteiger partial charge is 0.480 e. The van der Waals surface area contributed by atoms with Gasteiger partial charge in [0.1, 0.15) is 6.04 Å². The van der Waals surface area contributed by atoms with Crippen molar-refractivity contribution in [3.8, 4) is 0 Å². The van der Waals surface area contributed by atoms with E-state index in [2.05, 4.69) is 5.32 Å². The Kier molecular flexibility index (Phi) is 4.55. The standard InChI is InChI=1S/C8H15NO3S/c1-2-9-7(8(10)11)5-13-6-3-12-4-6/h6-7,9H,2-5H2,1H3,(H,10,11). The summed E-state index contributed by atoms with van der Waals surface area (Å²) in [5.74, 6) is -0.147. The SMILES string of the molecule is CCNC(CSC1COC1)C(=O)O. The van der Waals surface area contributed by atoms with Crippen LogP contribution in [0.15, 0.2) is 0 Å². The van der Waals surface area contributed by atoms with Gasteiger partial charge in [0.15, 0.2) is 0 Å². The van der Waals surface area contributed by atoms with Crippen LogP contribution in [0.1, 0.15) is 6.92 Å². The van der Waals surface area contributed by atoms with E-state index in [0.717, 1.165) is 13.2 Å². The summed E-state index contributed by atoms with van der Waals surface area (Å²) >= 11 is 1.67. The lowest BCUT2D eigenvalue weighted by Gasteiger charge is -2.26. The van der Waals surface area contributed by atoms with Gasteiger partial charge < -0.3 is 15.2 Å². The number of nitrogens with one attached hydrogen (secondary N) is 1. The highest BCUT2D eigenvalue weighted by molar-refractivity contribution is 8.00. The lowest BCUT2D eigenvalue weighted by Crippen LogP contribution is -2.40. The second kappa shape index (κ2) is 5.47. The summed E-state index contributed by atoms with van der Waals surface area (Å²) in [5.41, 5.74) is 0. The molecule has 0 bridgehead atoms. The van der Waals surface area contributed by atoms with Gasteiger partial charge in [0.25, 0.3) is 0 Å². The molecule has 1 unspecified atom stereocenters. The number of hydrogen-bond donors (Lipinski definition) is 2. The van der Waals surface area contributed by atoms with Crippen LogP contribution >= 0.6 is 11.8 Å². The van der Waals surface area contributed by atoms with Gasteiger partial charge in [-0.15, -0.1) is 0 Å². The van der Waals surface area contributed by atoms with Crippen LogP contribution in [0.25, 0.3) is 0 Å². The van der Waals surface area contributed by atoms with Crippen LogP contribution in [0.2, 0.25) is 0 Å². The molecule has 4 nitrogen and oxygen atoms in total. The monoisotopic (exact) mass is 205 g/mol. The first kappa shape index (κ1) is 10.8. The lowest BCUT2D eigenvalue weighted by molar-refractivity contribution is -0.138. The molecule has 1 saturated heterocycles. The number of carboxylic acids is 1. The lowest BCUT2D eigenvalue weighted by atomic mass is 10.3. The first-order valence-corrected chi connectivity index (χ1v) is 5.44. The summed E-state index contributed by atoms with van der Waals surface area (Å²) in [4.78, 5) is 10.7. The van der Waals surface area contributed by atoms with Gasteiger partial charge in [0, 0.05) is 5.75 Å². The van der Waals surface area contributed by atoms with Gasteiger partial charge in [-0.25, -0.2) is 0 Å². The molecule has 0 aromatic carbocycles. The Morgan fingerprint density at radius 2 is 2.46 bits per heavy atom. The second-order valence-electron chi connectivity index (χ2n) is 2.94. The molecule has 0 amide bonds. The topological polar surface area (TPSA) is 58.6 Å². The van der Waals surface area contributed by atoms with Crippen molar-refractivity contribution in [1.29, 1.82) is 0 Å². The molecular formula is C8H15NO3S. The molecule has 13 heavy (non-hydrogen) atoms. The predicted octanol–water partition coefficient (Wildman–Crippen LogP) is 0.181. The molecule has 0 aromatic heterocycles. The zero-order valence-corrected chi connectivity index (χ0v) is 8.47. The highest BCUT2D eigenvalue weighted by Crippen LogP contribution is 2.19. The van der Waals surface area contributed by atoms with Crippen molar-refractivity contribution >= 4 is 17.7 Å². The van der Waals surface area contributed by atoms with E-state index in [0.29, 0.717) is 17.5 Å². The molecule has 0 saturated carbocycles. The van der Waals surface area contributed by atoms with Crippen molar-refractivity contribution in [2.75, 3.05) is 25.5 Å². The summed E-state index contributed by atoms with van der Waals surface area (Å²) in [6.07, 6.45) is 0. The smallest absolute Gasteiger partial charge is 0.321 e. The first-order valence-electron chi connectivity index (χ1n) is 4.39. The van der Waals surface area contributed by atoms with Crippen LogP contribution in [-0.4, -0.2) is 47.9 Å². The van der Waals surface area contributed by atoms with Crippen LogP contribution in [0.5, 0.6) is 0 Å². The second-order valence-corrected chi connectivity index (χ2v) is 4.27. The number of hydrogen-bond acceptors (Lipinski definition) is 4. The zero-order chi connectivity index (χ0) is 9.68. The number of rotatable bonds is 6. The highest BCUT2D eigenvalue weighted by Gasteiger charge is 2.23. The number of thioether (sulfide) groups is 1. The average molecular weight is 205 g/mol. The predicted molar refractivity (Wildman–Crippen MR) is 52.2 cm³/mol. The van der Waals surface area contributed by atoms with Gasteiger partial charge in [-0.1, -0.05) is 6.92 Å². The number of ether oxygens (including phenoxy) is 1. The Bertz CT molecular complexity index is 173. The third kappa shape index (κ3) is 3.54. The Morgan fingerprint density at radius 1 is 1.77 bits per heavy atom. The van der Waals surface area contributed by atoms with E-state index in [9.17, 15) is 4.79 Å². The fraction of sp³-hybridized carbons (Fsp3) is 0.875. The normalized spacial score (nSPS) is 19.5. The zero-order valence-electron chi connectivity index (χ0n) is 7.66. The van der Waals surface area contributed by atoms with Crippen LogP contribution in [-0.2, 0) is 9.53 Å². The molecular weight excluding hydrogens is 190 g/mol. The molecule has 1 fully saturated rings. The van der Waals surface area contributed by atoms with Gasteiger partial charge in [0.05, 0.1) is 18.5 Å². The molecule has 1 atom stereocenters. The minimum Gasteiger partial charge on any atom is -0.480 e. The molecule has 0 aromatic rings. The van der Waals surface area contributed by atoms with E-state index in [1.165, 1.54) is 0 Å². The molecule has 5 heteroatoms. The van der Waals surface area contributed by atoms with E-state index in [4.69, 9.17) is 9.84 Å². The van der Waals surface area contributed by atoms with Crippen LogP contribution in [0, 0.1) is 0 Å². The van der Waals surface area contributed by atoms with E-state index in [1.807, 2.05) is 6.92 Å². The molecule has 1 aliphatic rings. The van der Waals surface area contributed by atoms with Crippen LogP contribution in [0.4, 0.5) is 0 Å². The minimum atomic E-state index is -0.769. The van der Waals surface area contributed by atoms with Crippen molar-refractivity contribution in [3.63, 3.8) is 0 Å². The summed E-state index contributed by atoms with van der Waals surface area (Å²) in [6, 6.07) is -0.421. The van der Waals surface area contributed by atoms with Crippen molar-refractivity contribution in [3.05, 3.63) is 0 Å². The van der Waals surface area contributed by atoms with Gasteiger partial charge >= 0.3 is 5.97 Å². The number of likely N-dealkylation sites (N-methyl/N-ethyl adjacent to an activating group) is 1. The Labute approximate surface area is 82.0 Å². The molecule has 0 spiro atoms. The third-order valence-electron chi connectivity index (χ3n) is 1.85. The molecule has 76 valence electrons. The maximum Gasteiger partial charge on any atom is 0.321 e. The molecule has 1 aliphatic heterocycles. The van der Waals surface area contributed by atoms with Crippen molar-refractivity contribution in [1.82, 2.24) is 5.32 Å². The number of aliphatic carboxylic acids is 1. The van der Waals surface area contributed by atoms with Crippen LogP contribution < -0.4 is 5.32 Å². The van der Waals surface area contributed by atoms with Gasteiger partial charge in [0.2, 0.25) is 0 Å². The van der Waals surface area contributed by atoms with Crippen molar-refractivity contribution in [2.45, 2.75) is 18.2 Å². The van der Waals surface area contributed by atoms with Gasteiger partial charge in [-0.05, 0) is 6.54 Å². The molecule has 0 radical (unpaired) electrons. The Hall–Kier alpha value is -0.260. The highest BCUT2D eigenvalue weighted by atomic mass is 32.2. The van der Waals surface area contributed by atoms with E-state index >= 15 is 0 Å². The number of carboxylic acid groups (broad SMARTS) is 1. The third-order valence-corrected chi connectivity index (χ3v) is 3.12. The molecule has 0 aliphatic carbocycles. The summed E-state index contributed by atoms with van der Waals surface area (Å²) in [7, 11) is 0. The van der Waals surface area contributed by atoms with Gasteiger partial charge in [-0.3, -0.25) is 4.79 Å². The summed E-state index contributed by atoms with van der Waals surface area (Å²) in [5, 5.41) is 12.2. The summed E-state index contributed by atoms with van der Waals surface area (Å²) < 4.78 is 5.00. The fourth-order valence-corrected chi connectivity index (χ4v) is 2.12. The van der Waals surface area contributed by atoms with E-state index in [-0.39, 0.29) is 0 Å². The van der Waals surface area contributed by atoms with Crippen molar-refractivity contribution in [2.24, 2.45) is 0 Å². The molecule has 2 N–H and O–H groups in total. The molecule has 1 heterocycles.